The van der Waals surface area contributed by atoms with Crippen LogP contribution in [0, 0.1) is 31.3 Å². The Labute approximate surface area is 265 Å². The second-order valence-electron chi connectivity index (χ2n) is 11.2. The van der Waals surface area contributed by atoms with Crippen molar-refractivity contribution in [3.05, 3.63) is 119 Å². The number of hydrogen-bond donors (Lipinski definition) is 2. The molecule has 5 rings (SSSR count). The largest absolute Gasteiger partial charge is 0.391 e. The summed E-state index contributed by atoms with van der Waals surface area (Å²) in [4.78, 5) is 34.9. The van der Waals surface area contributed by atoms with E-state index in [4.69, 9.17) is 0 Å². The van der Waals surface area contributed by atoms with Crippen molar-refractivity contribution in [1.82, 2.24) is 25.2 Å². The Morgan fingerprint density at radius 2 is 1.62 bits per heavy atom. The molecule has 13 heteroatoms. The molecule has 0 aliphatic heterocycles. The van der Waals surface area contributed by atoms with Crippen molar-refractivity contribution in [3.8, 4) is 11.1 Å². The summed E-state index contributed by atoms with van der Waals surface area (Å²) < 4.78 is 86.1. The summed E-state index contributed by atoms with van der Waals surface area (Å²) >= 11 is 0. The lowest BCUT2D eigenvalue weighted by atomic mass is 9.94. The average Bonchev–Trinajstić information content (AvgIpc) is 3.40. The lowest BCUT2D eigenvalue weighted by Gasteiger charge is -2.26. The van der Waals surface area contributed by atoms with Crippen molar-refractivity contribution >= 4 is 22.8 Å². The molecule has 3 aromatic carbocycles. The van der Waals surface area contributed by atoms with Crippen molar-refractivity contribution in [2.24, 2.45) is 0 Å². The fraction of sp³-hybridized carbons (Fsp3) is 0.235. The van der Waals surface area contributed by atoms with Crippen LogP contribution in [0.1, 0.15) is 51.2 Å². The van der Waals surface area contributed by atoms with Crippen LogP contribution < -0.4 is 10.6 Å². The number of carbonyl (C=O) groups is 2. The lowest BCUT2D eigenvalue weighted by molar-refractivity contribution is -0.152. The fourth-order valence-corrected chi connectivity index (χ4v) is 5.46. The number of aromatic nitrogens is 3. The van der Waals surface area contributed by atoms with Gasteiger partial charge in [0, 0.05) is 24.9 Å². The van der Waals surface area contributed by atoms with Crippen molar-refractivity contribution in [3.63, 3.8) is 0 Å². The number of hydrogen-bond acceptors (Lipinski definition) is 4. The smallest absolute Gasteiger partial charge is 0.355 e. The Morgan fingerprint density at radius 1 is 0.915 bits per heavy atom. The molecule has 244 valence electrons. The molecular weight excluding hydrogens is 624 g/mol. The second-order valence-corrected chi connectivity index (χ2v) is 11.2. The zero-order chi connectivity index (χ0) is 34.0. The van der Waals surface area contributed by atoms with Gasteiger partial charge < -0.3 is 15.2 Å². The molecule has 7 nitrogen and oxygen atoms in total. The minimum atomic E-state index is -4.76. The number of amides is 2. The number of halogens is 6. The first kappa shape index (κ1) is 33.2. The topological polar surface area (TPSA) is 88.9 Å². The van der Waals surface area contributed by atoms with Crippen LogP contribution in [0.4, 0.5) is 26.3 Å². The number of fused-ring (bicyclic) bond motifs is 1. The number of pyridine rings is 1. The molecule has 2 aromatic heterocycles. The van der Waals surface area contributed by atoms with Crippen LogP contribution in [-0.2, 0) is 11.2 Å². The standard InChI is InChI=1S/C34H29F6N5O2/c1-18-9-27-29(10-19(18)2)45(17-43-27)30(16-34(38,39)40)33(47)44-28(13-20-11-22(35)15-23(36)12-20)31-24(5-4-8-42-31)21-6-7-26(37)25(14-21)32(46)41-3/h4-12,14-15,17,28,30H,13,16H2,1-3H3,(H,41,46)(H,44,47)/t28-,30+/m0/s1. The normalized spacial score (nSPS) is 13.0. The first-order chi connectivity index (χ1) is 22.2. The van der Waals surface area contributed by atoms with Gasteiger partial charge in [-0.25, -0.2) is 18.2 Å². The molecule has 0 saturated heterocycles. The Morgan fingerprint density at radius 3 is 2.30 bits per heavy atom. The number of nitrogens with one attached hydrogen (secondary N) is 2. The molecule has 2 heterocycles. The summed E-state index contributed by atoms with van der Waals surface area (Å²) in [5.74, 6) is -4.35. The number of rotatable bonds is 9. The van der Waals surface area contributed by atoms with Crippen LogP contribution >= 0.6 is 0 Å². The van der Waals surface area contributed by atoms with Gasteiger partial charge in [-0.1, -0.05) is 12.1 Å². The summed E-state index contributed by atoms with van der Waals surface area (Å²) in [6.07, 6.45) is -4.05. The lowest BCUT2D eigenvalue weighted by Crippen LogP contribution is -2.38. The second kappa shape index (κ2) is 13.3. The minimum Gasteiger partial charge on any atom is -0.355 e. The number of benzene rings is 3. The number of alkyl halides is 3. The number of nitrogens with zero attached hydrogens (tertiary/aromatic N) is 3. The van der Waals surface area contributed by atoms with Crippen LogP contribution in [-0.4, -0.2) is 39.6 Å². The third-order valence-electron chi connectivity index (χ3n) is 7.85. The van der Waals surface area contributed by atoms with Crippen LogP contribution in [0.15, 0.2) is 73.2 Å². The predicted octanol–water partition coefficient (Wildman–Crippen LogP) is 7.09. The Kier molecular flexibility index (Phi) is 9.36. The first-order valence-corrected chi connectivity index (χ1v) is 14.5. The summed E-state index contributed by atoms with van der Waals surface area (Å²) in [5, 5.41) is 4.99. The molecule has 0 spiro atoms. The SMILES string of the molecule is CNC(=O)c1cc(-c2cccnc2[C@H](Cc2cc(F)cc(F)c2)NC(=O)[C@@H](CC(F)(F)F)n2cnc3cc(C)c(C)cc32)ccc1F. The number of imidazole rings is 1. The molecule has 0 bridgehead atoms. The van der Waals surface area contributed by atoms with Crippen LogP contribution in [0.2, 0.25) is 0 Å². The summed E-state index contributed by atoms with van der Waals surface area (Å²) in [6, 6.07) is 9.86. The molecule has 0 radical (unpaired) electrons. The minimum absolute atomic E-state index is 0.0844. The molecule has 2 N–H and O–H groups in total. The third kappa shape index (κ3) is 7.45. The van der Waals surface area contributed by atoms with Crippen molar-refractivity contribution in [2.45, 2.75) is 44.9 Å². The zero-order valence-electron chi connectivity index (χ0n) is 25.4. The monoisotopic (exact) mass is 653 g/mol. The van der Waals surface area contributed by atoms with Crippen molar-refractivity contribution in [1.29, 1.82) is 0 Å². The van der Waals surface area contributed by atoms with E-state index in [1.807, 2.05) is 6.92 Å². The number of aryl methyl sites for hydroxylation is 2. The highest BCUT2D eigenvalue weighted by Gasteiger charge is 2.38. The van der Waals surface area contributed by atoms with E-state index in [1.165, 1.54) is 37.8 Å². The van der Waals surface area contributed by atoms with Crippen molar-refractivity contribution in [2.75, 3.05) is 7.05 Å². The quantitative estimate of drug-likeness (QED) is 0.166. The van der Waals surface area contributed by atoms with Crippen molar-refractivity contribution < 1.29 is 35.9 Å². The predicted molar refractivity (Wildman–Crippen MR) is 163 cm³/mol. The van der Waals surface area contributed by atoms with Crippen LogP contribution in [0.5, 0.6) is 0 Å². The summed E-state index contributed by atoms with van der Waals surface area (Å²) in [5.41, 5.74) is 2.87. The van der Waals surface area contributed by atoms with Gasteiger partial charge in [0.15, 0.2) is 0 Å². The molecule has 0 aliphatic carbocycles. The van der Waals surface area contributed by atoms with E-state index in [1.54, 1.807) is 25.1 Å². The van der Waals surface area contributed by atoms with E-state index in [9.17, 15) is 35.9 Å². The van der Waals surface area contributed by atoms with Crippen LogP contribution in [0.25, 0.3) is 22.2 Å². The average molecular weight is 654 g/mol. The van der Waals surface area contributed by atoms with Gasteiger partial charge in [0.25, 0.3) is 5.91 Å². The van der Waals surface area contributed by atoms with E-state index in [0.717, 1.165) is 33.9 Å². The van der Waals surface area contributed by atoms with E-state index in [-0.39, 0.29) is 23.2 Å². The fourth-order valence-electron chi connectivity index (χ4n) is 5.46. The van der Waals surface area contributed by atoms with E-state index < -0.39 is 53.9 Å². The van der Waals surface area contributed by atoms with E-state index in [2.05, 4.69) is 20.6 Å². The Bertz CT molecular complexity index is 1950. The maximum atomic E-state index is 14.5. The highest BCUT2D eigenvalue weighted by Crippen LogP contribution is 2.34. The summed E-state index contributed by atoms with van der Waals surface area (Å²) in [6.45, 7) is 3.61. The molecule has 0 aliphatic rings. The zero-order valence-corrected chi connectivity index (χ0v) is 25.4. The molecule has 0 unspecified atom stereocenters. The van der Waals surface area contributed by atoms with Crippen LogP contribution in [0.3, 0.4) is 0 Å². The van der Waals surface area contributed by atoms with E-state index in [0.29, 0.717) is 28.2 Å². The third-order valence-corrected chi connectivity index (χ3v) is 7.85. The molecule has 2 atom stereocenters. The van der Waals surface area contributed by atoms with E-state index >= 15 is 0 Å². The molecular formula is C34H29F6N5O2. The highest BCUT2D eigenvalue weighted by molar-refractivity contribution is 5.95. The van der Waals surface area contributed by atoms with Gasteiger partial charge >= 0.3 is 6.18 Å². The molecule has 0 fully saturated rings. The van der Waals surface area contributed by atoms with Gasteiger partial charge in [-0.05, 0) is 85.0 Å². The van der Waals surface area contributed by atoms with Gasteiger partial charge in [0.05, 0.1) is 41.1 Å². The van der Waals surface area contributed by atoms with Gasteiger partial charge in [0.2, 0.25) is 5.91 Å². The Hall–Kier alpha value is -5.20. The van der Waals surface area contributed by atoms with Gasteiger partial charge in [-0.15, -0.1) is 0 Å². The number of carbonyl (C=O) groups excluding carboxylic acids is 2. The van der Waals surface area contributed by atoms with Gasteiger partial charge in [0.1, 0.15) is 23.5 Å². The maximum Gasteiger partial charge on any atom is 0.391 e. The first-order valence-electron chi connectivity index (χ1n) is 14.5. The van der Waals surface area contributed by atoms with Gasteiger partial charge in [-0.3, -0.25) is 14.6 Å². The molecule has 2 amide bonds. The maximum absolute atomic E-state index is 14.5. The molecule has 5 aromatic rings. The summed E-state index contributed by atoms with van der Waals surface area (Å²) in [7, 11) is 1.33. The Balaban J connectivity index is 1.62. The molecule has 0 saturated carbocycles. The molecule has 47 heavy (non-hydrogen) atoms. The van der Waals surface area contributed by atoms with Gasteiger partial charge in [-0.2, -0.15) is 13.2 Å². The highest BCUT2D eigenvalue weighted by atomic mass is 19.4.